The van der Waals surface area contributed by atoms with Crippen LogP contribution in [-0.4, -0.2) is 20.7 Å². The third-order valence-corrected chi connectivity index (χ3v) is 7.21. The van der Waals surface area contributed by atoms with Crippen LogP contribution in [0.25, 0.3) is 33.1 Å². The lowest BCUT2D eigenvalue weighted by Gasteiger charge is -2.07. The van der Waals surface area contributed by atoms with Crippen LogP contribution in [0.1, 0.15) is 11.3 Å². The Labute approximate surface area is 219 Å². The molecule has 0 aliphatic carbocycles. The minimum Gasteiger partial charge on any atom is -0.335 e. The summed E-state index contributed by atoms with van der Waals surface area (Å²) >= 11 is 4.96. The average Bonchev–Trinajstić information content (AvgIpc) is 3.49. The number of hydrogen-bond acceptors (Lipinski definition) is 5. The standard InChI is InChI=1S/C28H19BrFN5S/c29-20-9-7-19(8-10-20)25-17-36-28(33-25)34-32-14-22-13-24-23-3-1-2-4-26(23)35(27(24)15-31-22)16-18-5-11-21(30)12-6-18/h1-15,17H,16H2,(H,33,34)/b32-14+. The Balaban J connectivity index is 1.26. The van der Waals surface area contributed by atoms with Gasteiger partial charge in [-0.1, -0.05) is 58.4 Å². The molecule has 6 rings (SSSR count). The SMILES string of the molecule is Fc1ccc(Cn2c3ccccc3c3cc(/C=N/Nc4nc(-c5ccc(Br)cc5)cs4)ncc32)cc1. The van der Waals surface area contributed by atoms with E-state index in [9.17, 15) is 4.39 Å². The molecule has 176 valence electrons. The lowest BCUT2D eigenvalue weighted by molar-refractivity contribution is 0.626. The molecule has 0 radical (unpaired) electrons. The number of pyridine rings is 1. The summed E-state index contributed by atoms with van der Waals surface area (Å²) in [5.74, 6) is -0.234. The van der Waals surface area contributed by atoms with Crippen molar-refractivity contribution in [1.82, 2.24) is 14.5 Å². The van der Waals surface area contributed by atoms with Gasteiger partial charge in [0.1, 0.15) is 5.82 Å². The number of nitrogens with one attached hydrogen (secondary N) is 1. The average molecular weight is 556 g/mol. The van der Waals surface area contributed by atoms with Crippen LogP contribution < -0.4 is 5.43 Å². The van der Waals surface area contributed by atoms with E-state index in [1.54, 1.807) is 6.21 Å². The van der Waals surface area contributed by atoms with Crippen molar-refractivity contribution in [2.24, 2.45) is 5.10 Å². The van der Waals surface area contributed by atoms with Crippen molar-refractivity contribution in [3.63, 3.8) is 0 Å². The summed E-state index contributed by atoms with van der Waals surface area (Å²) in [6, 6.07) is 25.0. The van der Waals surface area contributed by atoms with Crippen LogP contribution in [0.3, 0.4) is 0 Å². The van der Waals surface area contributed by atoms with Gasteiger partial charge in [0.05, 0.1) is 29.3 Å². The predicted octanol–water partition coefficient (Wildman–Crippen LogP) is 7.71. The molecule has 5 nitrogen and oxygen atoms in total. The smallest absolute Gasteiger partial charge is 0.203 e. The monoisotopic (exact) mass is 555 g/mol. The summed E-state index contributed by atoms with van der Waals surface area (Å²) < 4.78 is 16.6. The van der Waals surface area contributed by atoms with Crippen molar-refractivity contribution < 1.29 is 4.39 Å². The molecule has 0 atom stereocenters. The first kappa shape index (κ1) is 22.6. The molecule has 0 saturated heterocycles. The summed E-state index contributed by atoms with van der Waals surface area (Å²) in [5, 5.41) is 9.31. The van der Waals surface area contributed by atoms with Gasteiger partial charge in [0.15, 0.2) is 0 Å². The minimum atomic E-state index is -0.234. The van der Waals surface area contributed by atoms with Crippen LogP contribution in [0.4, 0.5) is 9.52 Å². The number of anilines is 1. The van der Waals surface area contributed by atoms with Gasteiger partial charge in [0, 0.05) is 38.3 Å². The Morgan fingerprint density at radius 2 is 1.78 bits per heavy atom. The molecular formula is C28H19BrFN5S. The van der Waals surface area contributed by atoms with Crippen molar-refractivity contribution in [2.45, 2.75) is 6.54 Å². The molecular weight excluding hydrogens is 537 g/mol. The number of rotatable bonds is 6. The van der Waals surface area contributed by atoms with Gasteiger partial charge in [0.25, 0.3) is 0 Å². The highest BCUT2D eigenvalue weighted by Crippen LogP contribution is 2.30. The molecule has 1 N–H and O–H groups in total. The number of hydrogen-bond donors (Lipinski definition) is 1. The highest BCUT2D eigenvalue weighted by atomic mass is 79.9. The van der Waals surface area contributed by atoms with E-state index in [4.69, 9.17) is 0 Å². The van der Waals surface area contributed by atoms with Gasteiger partial charge >= 0.3 is 0 Å². The molecule has 3 aromatic heterocycles. The first-order valence-corrected chi connectivity index (χ1v) is 12.9. The Kier molecular flexibility index (Phi) is 6.04. The number of para-hydroxylation sites is 1. The van der Waals surface area contributed by atoms with E-state index in [2.05, 4.69) is 53.1 Å². The molecule has 0 saturated carbocycles. The minimum absolute atomic E-state index is 0.234. The molecule has 3 aromatic carbocycles. The lowest BCUT2D eigenvalue weighted by Crippen LogP contribution is -2.00. The van der Waals surface area contributed by atoms with Crippen molar-refractivity contribution in [3.8, 4) is 11.3 Å². The number of thiazole rings is 1. The first-order valence-electron chi connectivity index (χ1n) is 11.3. The lowest BCUT2D eigenvalue weighted by atomic mass is 10.2. The number of halogens is 2. The molecule has 0 aliphatic rings. The number of aromatic nitrogens is 3. The summed E-state index contributed by atoms with van der Waals surface area (Å²) in [4.78, 5) is 9.23. The van der Waals surface area contributed by atoms with E-state index >= 15 is 0 Å². The van der Waals surface area contributed by atoms with E-state index in [0.29, 0.717) is 11.7 Å². The van der Waals surface area contributed by atoms with Crippen LogP contribution in [0.5, 0.6) is 0 Å². The molecule has 6 aromatic rings. The van der Waals surface area contributed by atoms with E-state index in [-0.39, 0.29) is 5.82 Å². The van der Waals surface area contributed by atoms with Gasteiger partial charge in [-0.3, -0.25) is 10.4 Å². The maximum atomic E-state index is 13.4. The predicted molar refractivity (Wildman–Crippen MR) is 149 cm³/mol. The second-order valence-corrected chi connectivity index (χ2v) is 10.0. The van der Waals surface area contributed by atoms with E-state index in [0.717, 1.165) is 48.8 Å². The molecule has 8 heteroatoms. The second kappa shape index (κ2) is 9.64. The summed E-state index contributed by atoms with van der Waals surface area (Å²) in [5.41, 5.74) is 8.86. The summed E-state index contributed by atoms with van der Waals surface area (Å²) in [7, 11) is 0. The van der Waals surface area contributed by atoms with Crippen LogP contribution in [0.15, 0.2) is 100 Å². The zero-order chi connectivity index (χ0) is 24.5. The summed E-state index contributed by atoms with van der Waals surface area (Å²) in [6.07, 6.45) is 3.57. The molecule has 0 amide bonds. The normalized spacial score (nSPS) is 11.6. The van der Waals surface area contributed by atoms with Crippen LogP contribution in [-0.2, 0) is 6.54 Å². The Morgan fingerprint density at radius 3 is 2.61 bits per heavy atom. The second-order valence-electron chi connectivity index (χ2n) is 8.27. The van der Waals surface area contributed by atoms with E-state index < -0.39 is 0 Å². The molecule has 0 bridgehead atoms. The maximum Gasteiger partial charge on any atom is 0.203 e. The van der Waals surface area contributed by atoms with Gasteiger partial charge in [-0.2, -0.15) is 5.10 Å². The number of hydrazone groups is 1. The van der Waals surface area contributed by atoms with Gasteiger partial charge in [-0.05, 0) is 42.0 Å². The topological polar surface area (TPSA) is 55.1 Å². The van der Waals surface area contributed by atoms with Crippen molar-refractivity contribution in [2.75, 3.05) is 5.43 Å². The van der Waals surface area contributed by atoms with Crippen molar-refractivity contribution >= 4 is 60.4 Å². The fourth-order valence-corrected chi connectivity index (χ4v) is 5.14. The molecule has 36 heavy (non-hydrogen) atoms. The zero-order valence-electron chi connectivity index (χ0n) is 18.9. The zero-order valence-corrected chi connectivity index (χ0v) is 21.3. The largest absolute Gasteiger partial charge is 0.335 e. The van der Waals surface area contributed by atoms with Crippen LogP contribution in [0, 0.1) is 5.82 Å². The van der Waals surface area contributed by atoms with Gasteiger partial charge in [-0.25, -0.2) is 9.37 Å². The van der Waals surface area contributed by atoms with Gasteiger partial charge in [-0.15, -0.1) is 11.3 Å². The fraction of sp³-hybridized carbons (Fsp3) is 0.0357. The van der Waals surface area contributed by atoms with Gasteiger partial charge in [0.2, 0.25) is 5.13 Å². The number of fused-ring (bicyclic) bond motifs is 3. The molecule has 0 fully saturated rings. The molecule has 0 aliphatic heterocycles. The Morgan fingerprint density at radius 1 is 0.972 bits per heavy atom. The Hall–Kier alpha value is -3.88. The Bertz CT molecular complexity index is 1700. The van der Waals surface area contributed by atoms with Gasteiger partial charge < -0.3 is 4.57 Å². The molecule has 0 unspecified atom stereocenters. The van der Waals surface area contributed by atoms with Crippen LogP contribution in [0.2, 0.25) is 0 Å². The molecule has 0 spiro atoms. The first-order chi connectivity index (χ1) is 17.6. The fourth-order valence-electron chi connectivity index (χ4n) is 4.21. The third-order valence-electron chi connectivity index (χ3n) is 5.94. The van der Waals surface area contributed by atoms with Crippen molar-refractivity contribution in [3.05, 3.63) is 112 Å². The quantitative estimate of drug-likeness (QED) is 0.169. The molecule has 3 heterocycles. The van der Waals surface area contributed by atoms with E-state index in [1.807, 2.05) is 66.2 Å². The van der Waals surface area contributed by atoms with E-state index in [1.165, 1.54) is 23.5 Å². The third kappa shape index (κ3) is 4.53. The highest BCUT2D eigenvalue weighted by Gasteiger charge is 2.12. The van der Waals surface area contributed by atoms with Crippen LogP contribution >= 0.6 is 27.3 Å². The van der Waals surface area contributed by atoms with Crippen molar-refractivity contribution in [1.29, 1.82) is 0 Å². The highest BCUT2D eigenvalue weighted by molar-refractivity contribution is 9.10. The maximum absolute atomic E-state index is 13.4. The number of benzene rings is 3. The number of nitrogens with zero attached hydrogens (tertiary/aromatic N) is 4. The summed E-state index contributed by atoms with van der Waals surface area (Å²) in [6.45, 7) is 0.631.